The second-order valence-electron chi connectivity index (χ2n) is 18.4. The van der Waals surface area contributed by atoms with Crippen molar-refractivity contribution in [2.45, 2.75) is 0 Å². The maximum absolute atomic E-state index is 13.0. The van der Waals surface area contributed by atoms with Gasteiger partial charge in [-0.25, -0.2) is 0 Å². The molecule has 0 unspecified atom stereocenters. The van der Waals surface area contributed by atoms with Crippen molar-refractivity contribution < 1.29 is 8.83 Å². The summed E-state index contributed by atoms with van der Waals surface area (Å²) in [6.45, 7) is 0. The highest BCUT2D eigenvalue weighted by molar-refractivity contribution is 6.13. The highest BCUT2D eigenvalue weighted by Crippen LogP contribution is 2.43. The first-order valence-electron chi connectivity index (χ1n) is 24.3. The molecule has 0 spiro atoms. The lowest BCUT2D eigenvalue weighted by Crippen LogP contribution is -2.10. The van der Waals surface area contributed by atoms with Crippen LogP contribution < -0.4 is 15.8 Å². The van der Waals surface area contributed by atoms with Crippen LogP contribution in [0.5, 0.6) is 0 Å². The van der Waals surface area contributed by atoms with E-state index >= 15 is 0 Å². The molecule has 14 rings (SSSR count). The van der Waals surface area contributed by atoms with Gasteiger partial charge in [-0.15, -0.1) is 0 Å². The van der Waals surface area contributed by atoms with Gasteiger partial charge < -0.3 is 22.9 Å². The molecule has 0 aliphatic heterocycles. The Hall–Kier alpha value is -9.98. The average Bonchev–Trinajstić information content (AvgIpc) is 3.96. The number of para-hydroxylation sites is 2. The second-order valence-corrected chi connectivity index (χ2v) is 18.4. The molecule has 4 aromatic heterocycles. The van der Waals surface area contributed by atoms with E-state index in [1.165, 1.54) is 41.3 Å². The summed E-state index contributed by atoms with van der Waals surface area (Å²) in [6.07, 6.45) is 2.88. The fraction of sp³-hybridized carbons (Fsp3) is 0. The largest absolute Gasteiger partial charge is 0.464 e. The van der Waals surface area contributed by atoms with Crippen LogP contribution in [0.2, 0.25) is 0 Å². The summed E-state index contributed by atoms with van der Waals surface area (Å²) >= 11 is 0. The molecule has 7 heteroatoms. The predicted molar refractivity (Wildman–Crippen MR) is 298 cm³/mol. The monoisotopic (exact) mass is 939 g/mol. The van der Waals surface area contributed by atoms with Crippen LogP contribution in [0.15, 0.2) is 268 Å². The minimum absolute atomic E-state index is 0.0836. The molecule has 0 amide bonds. The van der Waals surface area contributed by atoms with Crippen LogP contribution in [0.4, 0.5) is 17.1 Å². The van der Waals surface area contributed by atoms with Crippen LogP contribution in [0.25, 0.3) is 110 Å². The Morgan fingerprint density at radius 2 is 0.658 bits per heavy atom. The third kappa shape index (κ3) is 7.05. The Labute approximate surface area is 417 Å². The van der Waals surface area contributed by atoms with Gasteiger partial charge in [0.05, 0.1) is 45.4 Å². The molecule has 73 heavy (non-hydrogen) atoms. The van der Waals surface area contributed by atoms with Gasteiger partial charge in [0.25, 0.3) is 0 Å². The SMILES string of the molecule is O=c1ccoc2ccc(-n3c4ccccc4c4cc(N(c5ccc(-c6ccc(-c7ccc(-c8ccccc8)cc7)cc6)cc5)c5ccc6c(c5)c5ccccc5n6-c5ccc6occc(=O)c6c5)ccc43)cc12. The average molecular weight is 940 g/mol. The van der Waals surface area contributed by atoms with Crippen molar-refractivity contribution in [3.8, 4) is 44.8 Å². The topological polar surface area (TPSA) is 73.5 Å². The minimum Gasteiger partial charge on any atom is -0.464 e. The Morgan fingerprint density at radius 3 is 1.11 bits per heavy atom. The summed E-state index contributed by atoms with van der Waals surface area (Å²) in [5.74, 6) is 0. The molecule has 14 aromatic rings. The van der Waals surface area contributed by atoms with Gasteiger partial charge in [-0.3, -0.25) is 9.59 Å². The summed E-state index contributed by atoms with van der Waals surface area (Å²) in [6, 6.07) is 81.5. The second kappa shape index (κ2) is 16.9. The van der Waals surface area contributed by atoms with Gasteiger partial charge >= 0.3 is 0 Å². The molecule has 0 fully saturated rings. The molecule has 0 saturated carbocycles. The van der Waals surface area contributed by atoms with E-state index in [-0.39, 0.29) is 10.9 Å². The first-order chi connectivity index (χ1) is 36.0. The maximum atomic E-state index is 13.0. The fourth-order valence-electron chi connectivity index (χ4n) is 10.8. The normalized spacial score (nSPS) is 11.7. The van der Waals surface area contributed by atoms with E-state index in [4.69, 9.17) is 8.83 Å². The smallest absolute Gasteiger partial charge is 0.192 e. The van der Waals surface area contributed by atoms with E-state index in [1.54, 1.807) is 0 Å². The highest BCUT2D eigenvalue weighted by Gasteiger charge is 2.21. The van der Waals surface area contributed by atoms with Gasteiger partial charge in [0.15, 0.2) is 10.9 Å². The maximum Gasteiger partial charge on any atom is 0.192 e. The molecule has 344 valence electrons. The van der Waals surface area contributed by atoms with E-state index in [0.29, 0.717) is 21.9 Å². The van der Waals surface area contributed by atoms with Crippen LogP contribution in [-0.2, 0) is 0 Å². The molecule has 0 N–H and O–H groups in total. The minimum atomic E-state index is -0.0836. The Kier molecular flexibility index (Phi) is 9.69. The number of anilines is 3. The van der Waals surface area contributed by atoms with Gasteiger partial charge in [0, 0.05) is 62.1 Å². The lowest BCUT2D eigenvalue weighted by atomic mass is 9.98. The molecule has 7 nitrogen and oxygen atoms in total. The zero-order valence-corrected chi connectivity index (χ0v) is 39.1. The molecule has 0 atom stereocenters. The molecule has 0 radical (unpaired) electrons. The third-order valence-corrected chi connectivity index (χ3v) is 14.3. The summed E-state index contributed by atoms with van der Waals surface area (Å²) in [7, 11) is 0. The van der Waals surface area contributed by atoms with Crippen molar-refractivity contribution in [3.05, 3.63) is 270 Å². The first-order valence-corrected chi connectivity index (χ1v) is 24.3. The Balaban J connectivity index is 0.900. The van der Waals surface area contributed by atoms with Gasteiger partial charge in [-0.1, -0.05) is 127 Å². The van der Waals surface area contributed by atoms with Crippen molar-refractivity contribution in [1.82, 2.24) is 9.13 Å². The van der Waals surface area contributed by atoms with Crippen LogP contribution in [0, 0.1) is 0 Å². The summed E-state index contributed by atoms with van der Waals surface area (Å²) < 4.78 is 15.8. The molecule has 10 aromatic carbocycles. The number of hydrogen-bond donors (Lipinski definition) is 0. The van der Waals surface area contributed by atoms with Crippen LogP contribution >= 0.6 is 0 Å². The van der Waals surface area contributed by atoms with E-state index in [9.17, 15) is 9.59 Å². The van der Waals surface area contributed by atoms with Crippen LogP contribution in [0.3, 0.4) is 0 Å². The standard InChI is InChI=1S/C66H41N3O4/c70-63-34-36-72-65-32-28-51(40-57(63)65)68-59-12-6-4-10-53(59)55-38-49(26-30-61(55)68)67(48-24-22-47(23-25-48)46-20-18-45(19-21-46)44-16-14-43(15-17-44)42-8-2-1-3-9-42)50-27-31-62-56(39-50)54-11-5-7-13-60(54)69(62)52-29-33-66-58(41-52)64(71)35-37-73-66/h1-41H. The molecule has 0 saturated heterocycles. The lowest BCUT2D eigenvalue weighted by Gasteiger charge is -2.26. The molecule has 4 heterocycles. The zero-order chi connectivity index (χ0) is 48.6. The van der Waals surface area contributed by atoms with Crippen molar-refractivity contribution in [2.75, 3.05) is 4.90 Å². The molecule has 0 aliphatic carbocycles. The highest BCUT2D eigenvalue weighted by atomic mass is 16.3. The predicted octanol–water partition coefficient (Wildman–Crippen LogP) is 16.6. The summed E-state index contributed by atoms with van der Waals surface area (Å²) in [5, 5.41) is 5.39. The zero-order valence-electron chi connectivity index (χ0n) is 39.1. The van der Waals surface area contributed by atoms with Gasteiger partial charge in [0.1, 0.15) is 11.2 Å². The van der Waals surface area contributed by atoms with Crippen LogP contribution in [0.1, 0.15) is 0 Å². The summed E-state index contributed by atoms with van der Waals surface area (Å²) in [5.41, 5.74) is 16.7. The van der Waals surface area contributed by atoms with Gasteiger partial charge in [0.2, 0.25) is 0 Å². The van der Waals surface area contributed by atoms with Crippen molar-refractivity contribution >= 4 is 82.6 Å². The number of rotatable bonds is 8. The van der Waals surface area contributed by atoms with Crippen molar-refractivity contribution in [3.63, 3.8) is 0 Å². The van der Waals surface area contributed by atoms with Crippen molar-refractivity contribution in [2.24, 2.45) is 0 Å². The van der Waals surface area contributed by atoms with E-state index < -0.39 is 0 Å². The first kappa shape index (κ1) is 41.9. The van der Waals surface area contributed by atoms with Gasteiger partial charge in [-0.2, -0.15) is 0 Å². The fourth-order valence-corrected chi connectivity index (χ4v) is 10.8. The molecular weight excluding hydrogens is 899 g/mol. The van der Waals surface area contributed by atoms with E-state index in [1.807, 2.05) is 42.5 Å². The number of hydrogen-bond acceptors (Lipinski definition) is 5. The molecular formula is C66H41N3O4. The van der Waals surface area contributed by atoms with Crippen molar-refractivity contribution in [1.29, 1.82) is 0 Å². The number of fused-ring (bicyclic) bond motifs is 8. The van der Waals surface area contributed by atoms with E-state index in [2.05, 4.69) is 196 Å². The van der Waals surface area contributed by atoms with Gasteiger partial charge in [-0.05, 0) is 130 Å². The third-order valence-electron chi connectivity index (χ3n) is 14.3. The Bertz CT molecular complexity index is 4370. The van der Waals surface area contributed by atoms with Crippen LogP contribution in [-0.4, -0.2) is 9.13 Å². The molecule has 0 bridgehead atoms. The number of nitrogens with zero attached hydrogens (tertiary/aromatic N) is 3. The number of benzene rings is 10. The molecule has 0 aliphatic rings. The quantitative estimate of drug-likeness (QED) is 0.152. The summed E-state index contributed by atoms with van der Waals surface area (Å²) in [4.78, 5) is 28.4. The lowest BCUT2D eigenvalue weighted by molar-refractivity contribution is 0.602. The van der Waals surface area contributed by atoms with E-state index in [0.717, 1.165) is 88.7 Å². The number of aromatic nitrogens is 2. The Morgan fingerprint density at radius 1 is 0.288 bits per heavy atom.